The van der Waals surface area contributed by atoms with Gasteiger partial charge in [-0.05, 0) is 19.8 Å². The van der Waals surface area contributed by atoms with Crippen molar-refractivity contribution in [2.75, 3.05) is 6.54 Å². The van der Waals surface area contributed by atoms with Crippen LogP contribution in [0.5, 0.6) is 0 Å². The van der Waals surface area contributed by atoms with E-state index in [4.69, 9.17) is 5.11 Å². The average molecular weight is 256 g/mol. The molecule has 0 saturated heterocycles. The molecule has 3 N–H and O–H groups in total. The molecule has 0 aromatic heterocycles. The fraction of sp³-hybridized carbons (Fsp3) is 0.667. The zero-order valence-electron chi connectivity index (χ0n) is 11.0. The van der Waals surface area contributed by atoms with Gasteiger partial charge in [-0.15, -0.1) is 0 Å². The van der Waals surface area contributed by atoms with Crippen LogP contribution in [0, 0.1) is 0 Å². The first-order valence-corrected chi connectivity index (χ1v) is 6.20. The molecule has 0 aromatic carbocycles. The van der Waals surface area contributed by atoms with E-state index in [0.29, 0.717) is 19.4 Å². The lowest BCUT2D eigenvalue weighted by molar-refractivity contribution is -0.137. The molecule has 0 spiro atoms. The van der Waals surface area contributed by atoms with Crippen LogP contribution >= 0.6 is 0 Å². The van der Waals surface area contributed by atoms with Crippen LogP contribution in [0.25, 0.3) is 0 Å². The van der Waals surface area contributed by atoms with Crippen molar-refractivity contribution in [3.8, 4) is 0 Å². The van der Waals surface area contributed by atoms with E-state index in [1.54, 1.807) is 4.90 Å². The zero-order chi connectivity index (χ0) is 13.9. The number of likely N-dealkylation sites (N-methyl/N-ethyl adjacent to an activating group) is 1. The van der Waals surface area contributed by atoms with E-state index in [-0.39, 0.29) is 11.4 Å². The number of carbonyl (C=O) groups is 2. The minimum atomic E-state index is -1.22. The zero-order valence-corrected chi connectivity index (χ0v) is 11.0. The second kappa shape index (κ2) is 5.29. The Morgan fingerprint density at radius 1 is 1.22 bits per heavy atom. The highest BCUT2D eigenvalue weighted by Crippen LogP contribution is 2.34. The molecule has 6 nitrogen and oxygen atoms in total. The summed E-state index contributed by atoms with van der Waals surface area (Å²) in [5.74, 6) is -2.43. The fourth-order valence-corrected chi connectivity index (χ4v) is 2.61. The molecule has 0 bridgehead atoms. The number of nitrogens with one attached hydrogen (secondary N) is 1. The molecule has 18 heavy (non-hydrogen) atoms. The predicted molar refractivity (Wildman–Crippen MR) is 65.7 cm³/mol. The number of rotatable bonds is 6. The number of aliphatic carboxylic acids is 2. The highest BCUT2D eigenvalue weighted by atomic mass is 16.4. The Hall–Kier alpha value is -1.72. The van der Waals surface area contributed by atoms with Crippen molar-refractivity contribution in [1.82, 2.24) is 10.2 Å². The molecule has 0 aliphatic carbocycles. The topological polar surface area (TPSA) is 89.9 Å². The van der Waals surface area contributed by atoms with Crippen molar-refractivity contribution < 1.29 is 19.8 Å². The minimum absolute atomic E-state index is 0.139. The van der Waals surface area contributed by atoms with E-state index < -0.39 is 17.6 Å². The molecule has 0 saturated carbocycles. The SMILES string of the molecule is CCCC1(CC)NC(C(=O)O)=C(C(=O)O)N1CC. The highest BCUT2D eigenvalue weighted by Gasteiger charge is 2.46. The molecule has 0 aromatic rings. The van der Waals surface area contributed by atoms with E-state index >= 15 is 0 Å². The number of carboxylic acids is 2. The molecule has 1 rings (SSSR count). The Bertz CT molecular complexity index is 392. The third kappa shape index (κ3) is 2.14. The van der Waals surface area contributed by atoms with Crippen LogP contribution < -0.4 is 5.32 Å². The summed E-state index contributed by atoms with van der Waals surface area (Å²) in [6, 6.07) is 0. The largest absolute Gasteiger partial charge is 0.477 e. The van der Waals surface area contributed by atoms with Crippen molar-refractivity contribution in [3.05, 3.63) is 11.4 Å². The molecule has 0 fully saturated rings. The van der Waals surface area contributed by atoms with E-state index in [1.807, 2.05) is 20.8 Å². The van der Waals surface area contributed by atoms with E-state index in [0.717, 1.165) is 6.42 Å². The number of nitrogens with zero attached hydrogens (tertiary/aromatic N) is 1. The number of carboxylic acid groups (broad SMARTS) is 2. The number of hydrogen-bond donors (Lipinski definition) is 3. The summed E-state index contributed by atoms with van der Waals surface area (Å²) in [7, 11) is 0. The molecule has 102 valence electrons. The van der Waals surface area contributed by atoms with Gasteiger partial charge in [0.25, 0.3) is 0 Å². The molecular weight excluding hydrogens is 236 g/mol. The smallest absolute Gasteiger partial charge is 0.354 e. The first-order valence-electron chi connectivity index (χ1n) is 6.20. The first-order chi connectivity index (χ1) is 8.43. The summed E-state index contributed by atoms with van der Waals surface area (Å²) in [5, 5.41) is 21.3. The lowest BCUT2D eigenvalue weighted by atomic mass is 9.99. The maximum atomic E-state index is 11.3. The average Bonchev–Trinajstić information content (AvgIpc) is 2.64. The van der Waals surface area contributed by atoms with E-state index in [1.165, 1.54) is 0 Å². The van der Waals surface area contributed by atoms with Gasteiger partial charge >= 0.3 is 11.9 Å². The van der Waals surface area contributed by atoms with E-state index in [9.17, 15) is 14.7 Å². The maximum Gasteiger partial charge on any atom is 0.354 e. The Morgan fingerprint density at radius 2 is 1.83 bits per heavy atom. The van der Waals surface area contributed by atoms with Gasteiger partial charge in [0.05, 0.1) is 0 Å². The quantitative estimate of drug-likeness (QED) is 0.661. The van der Waals surface area contributed by atoms with Crippen LogP contribution in [0.15, 0.2) is 11.4 Å². The van der Waals surface area contributed by atoms with Gasteiger partial charge in [-0.2, -0.15) is 0 Å². The van der Waals surface area contributed by atoms with E-state index in [2.05, 4.69) is 5.32 Å². The second-order valence-corrected chi connectivity index (χ2v) is 4.34. The van der Waals surface area contributed by atoms with Crippen LogP contribution in [-0.4, -0.2) is 39.3 Å². The van der Waals surface area contributed by atoms with Gasteiger partial charge in [-0.25, -0.2) is 9.59 Å². The molecule has 1 aliphatic rings. The van der Waals surface area contributed by atoms with Gasteiger partial charge < -0.3 is 20.4 Å². The molecular formula is C12H20N2O4. The third-order valence-electron chi connectivity index (χ3n) is 3.36. The standard InChI is InChI=1S/C12H20N2O4/c1-4-7-12(5-2)13-8(10(15)16)9(11(17)18)14(12)6-3/h13H,4-7H2,1-3H3,(H,15,16)(H,17,18). The molecule has 1 atom stereocenters. The lowest BCUT2D eigenvalue weighted by Gasteiger charge is -2.39. The first kappa shape index (κ1) is 14.3. The van der Waals surface area contributed by atoms with Crippen LogP contribution in [0.4, 0.5) is 0 Å². The van der Waals surface area contributed by atoms with Crippen LogP contribution in [0.3, 0.4) is 0 Å². The molecule has 6 heteroatoms. The Kier molecular flexibility index (Phi) is 4.21. The second-order valence-electron chi connectivity index (χ2n) is 4.34. The summed E-state index contributed by atoms with van der Waals surface area (Å²) in [5.41, 5.74) is -0.940. The van der Waals surface area contributed by atoms with Crippen LogP contribution in [0.1, 0.15) is 40.0 Å². The monoisotopic (exact) mass is 256 g/mol. The molecule has 1 unspecified atom stereocenters. The van der Waals surface area contributed by atoms with Gasteiger partial charge in [0, 0.05) is 6.54 Å². The van der Waals surface area contributed by atoms with Gasteiger partial charge in [0.15, 0.2) is 11.4 Å². The molecule has 0 radical (unpaired) electrons. The van der Waals surface area contributed by atoms with Gasteiger partial charge in [-0.1, -0.05) is 20.3 Å². The van der Waals surface area contributed by atoms with Crippen molar-refractivity contribution in [1.29, 1.82) is 0 Å². The summed E-state index contributed by atoms with van der Waals surface area (Å²) in [6.45, 7) is 6.20. The number of hydrogen-bond acceptors (Lipinski definition) is 4. The Balaban J connectivity index is 3.27. The van der Waals surface area contributed by atoms with Crippen molar-refractivity contribution in [2.24, 2.45) is 0 Å². The lowest BCUT2D eigenvalue weighted by Crippen LogP contribution is -2.53. The van der Waals surface area contributed by atoms with Gasteiger partial charge in [-0.3, -0.25) is 0 Å². The highest BCUT2D eigenvalue weighted by molar-refractivity contribution is 5.99. The van der Waals surface area contributed by atoms with Crippen LogP contribution in [0.2, 0.25) is 0 Å². The summed E-state index contributed by atoms with van der Waals surface area (Å²) in [4.78, 5) is 24.1. The van der Waals surface area contributed by atoms with Crippen molar-refractivity contribution in [3.63, 3.8) is 0 Å². The maximum absolute atomic E-state index is 11.3. The summed E-state index contributed by atoms with van der Waals surface area (Å²) in [6.07, 6.45) is 2.18. The molecule has 1 aliphatic heterocycles. The summed E-state index contributed by atoms with van der Waals surface area (Å²) < 4.78 is 0. The third-order valence-corrected chi connectivity index (χ3v) is 3.36. The normalized spacial score (nSPS) is 23.2. The fourth-order valence-electron chi connectivity index (χ4n) is 2.61. The Morgan fingerprint density at radius 3 is 2.17 bits per heavy atom. The van der Waals surface area contributed by atoms with Gasteiger partial charge in [0.1, 0.15) is 5.66 Å². The van der Waals surface area contributed by atoms with Gasteiger partial charge in [0.2, 0.25) is 0 Å². The van der Waals surface area contributed by atoms with Crippen molar-refractivity contribution in [2.45, 2.75) is 45.7 Å². The van der Waals surface area contributed by atoms with Crippen LogP contribution in [-0.2, 0) is 9.59 Å². The predicted octanol–water partition coefficient (Wildman–Crippen LogP) is 1.20. The molecule has 0 amide bonds. The minimum Gasteiger partial charge on any atom is -0.477 e. The Labute approximate surface area is 106 Å². The molecule has 1 heterocycles. The summed E-state index contributed by atoms with van der Waals surface area (Å²) >= 11 is 0. The van der Waals surface area contributed by atoms with Crippen molar-refractivity contribution >= 4 is 11.9 Å².